The van der Waals surface area contributed by atoms with Crippen LogP contribution in [0.1, 0.15) is 29.9 Å². The van der Waals surface area contributed by atoms with Crippen molar-refractivity contribution in [3.63, 3.8) is 0 Å². The molecule has 55 heavy (non-hydrogen) atoms. The molecule has 4 aliphatic rings. The Bertz CT molecular complexity index is 2530. The Morgan fingerprint density at radius 2 is 1.56 bits per heavy atom. The molecule has 5 aromatic rings. The molecule has 5 aromatic carbocycles. The highest BCUT2D eigenvalue weighted by atomic mass is 35.5. The molecule has 2 N–H and O–H groups in total. The predicted molar refractivity (Wildman–Crippen MR) is 200 cm³/mol. The van der Waals surface area contributed by atoms with Gasteiger partial charge in [0.25, 0.3) is 17.5 Å². The normalized spacial score (nSPS) is 25.8. The van der Waals surface area contributed by atoms with E-state index in [1.54, 1.807) is 48.5 Å². The van der Waals surface area contributed by atoms with Crippen molar-refractivity contribution >= 4 is 63.1 Å². The second-order valence-corrected chi connectivity index (χ2v) is 14.8. The van der Waals surface area contributed by atoms with Gasteiger partial charge in [-0.1, -0.05) is 71.8 Å². The largest absolute Gasteiger partial charge is 0.507 e. The highest BCUT2D eigenvalue weighted by Crippen LogP contribution is 2.65. The number of rotatable bonds is 6. The van der Waals surface area contributed by atoms with Gasteiger partial charge in [0.2, 0.25) is 11.8 Å². The summed E-state index contributed by atoms with van der Waals surface area (Å²) < 4.78 is 13.9. The van der Waals surface area contributed by atoms with E-state index in [0.29, 0.717) is 38.2 Å². The maximum absolute atomic E-state index is 15.4. The van der Waals surface area contributed by atoms with Gasteiger partial charge in [-0.3, -0.25) is 34.7 Å². The maximum Gasteiger partial charge on any atom is 0.271 e. The second-order valence-electron chi connectivity index (χ2n) is 14.4. The highest BCUT2D eigenvalue weighted by molar-refractivity contribution is 6.30. The third-order valence-electron chi connectivity index (χ3n) is 11.8. The average Bonchev–Trinajstić information content (AvgIpc) is 3.57. The number of nitrogens with zero attached hydrogens (tertiary/aromatic N) is 3. The molecule has 0 spiro atoms. The number of benzene rings is 5. The maximum atomic E-state index is 15.4. The van der Waals surface area contributed by atoms with Crippen LogP contribution in [0.25, 0.3) is 10.8 Å². The number of nitro groups is 1. The summed E-state index contributed by atoms with van der Waals surface area (Å²) in [5.74, 6) is -7.13. The van der Waals surface area contributed by atoms with Crippen LogP contribution in [-0.4, -0.2) is 38.7 Å². The number of hydrazine groups is 1. The standard InChI is InChI=1S/C42H30ClFN4O7/c43-23-10-8-22(9-11-23)42-34(39(51)47(41(42)53)45-25-14-12-24(44)13-15-25)21-33-31(37(42)30-18-19-35(49)29-7-2-1-6-28(29)30)16-17-32-36(33)40(52)46(38(32)50)26-4-3-5-27(20-26)48(54)55/h1-16,18-20,32-34,36-37,45,49H,17,21H2/t32-,33+,34-,36-,37-,42+/m0/s1. The fraction of sp³-hybridized carbons (Fsp3) is 0.190. The topological polar surface area (TPSA) is 150 Å². The van der Waals surface area contributed by atoms with Gasteiger partial charge in [-0.15, -0.1) is 0 Å². The Morgan fingerprint density at radius 3 is 2.29 bits per heavy atom. The van der Waals surface area contributed by atoms with Crippen LogP contribution in [0.4, 0.5) is 21.5 Å². The van der Waals surface area contributed by atoms with Crippen molar-refractivity contribution in [2.24, 2.45) is 23.7 Å². The number of carbonyl (C=O) groups excluding carboxylic acids is 4. The summed E-state index contributed by atoms with van der Waals surface area (Å²) in [4.78, 5) is 71.1. The van der Waals surface area contributed by atoms with E-state index >= 15 is 4.79 Å². The van der Waals surface area contributed by atoms with E-state index in [9.17, 15) is 34.0 Å². The van der Waals surface area contributed by atoms with E-state index in [1.807, 2.05) is 18.2 Å². The highest BCUT2D eigenvalue weighted by Gasteiger charge is 2.70. The molecular weight excluding hydrogens is 727 g/mol. The van der Waals surface area contributed by atoms with Gasteiger partial charge in [-0.25, -0.2) is 9.29 Å². The van der Waals surface area contributed by atoms with Gasteiger partial charge < -0.3 is 5.11 Å². The molecule has 2 aliphatic heterocycles. The monoisotopic (exact) mass is 756 g/mol. The minimum absolute atomic E-state index is 0.0100. The molecule has 0 aromatic heterocycles. The average molecular weight is 757 g/mol. The number of amides is 4. The van der Waals surface area contributed by atoms with Crippen LogP contribution in [0.3, 0.4) is 0 Å². The lowest BCUT2D eigenvalue weighted by molar-refractivity contribution is -0.384. The Kier molecular flexibility index (Phi) is 7.87. The van der Waals surface area contributed by atoms with Crippen molar-refractivity contribution < 1.29 is 33.6 Å². The molecule has 1 saturated carbocycles. The number of aromatic hydroxyl groups is 1. The number of hydrogen-bond acceptors (Lipinski definition) is 8. The number of halogens is 2. The third-order valence-corrected chi connectivity index (χ3v) is 12.1. The number of phenols is 1. The number of imide groups is 2. The minimum atomic E-state index is -1.62. The first kappa shape index (κ1) is 34.4. The number of anilines is 2. The first-order valence-electron chi connectivity index (χ1n) is 17.7. The second kappa shape index (κ2) is 12.6. The Balaban J connectivity index is 1.27. The molecule has 6 atom stereocenters. The summed E-state index contributed by atoms with van der Waals surface area (Å²) in [7, 11) is 0. The summed E-state index contributed by atoms with van der Waals surface area (Å²) in [6, 6.07) is 27.8. The minimum Gasteiger partial charge on any atom is -0.507 e. The van der Waals surface area contributed by atoms with Gasteiger partial charge in [0.1, 0.15) is 11.6 Å². The lowest BCUT2D eigenvalue weighted by Crippen LogP contribution is -2.53. The summed E-state index contributed by atoms with van der Waals surface area (Å²) in [6.07, 6.45) is 2.05. The molecule has 2 saturated heterocycles. The van der Waals surface area contributed by atoms with E-state index in [0.717, 1.165) is 9.91 Å². The van der Waals surface area contributed by atoms with E-state index in [-0.39, 0.29) is 30.0 Å². The molecule has 13 heteroatoms. The molecule has 274 valence electrons. The molecular formula is C42H30ClFN4O7. The number of fused-ring (bicyclic) bond motifs is 5. The molecule has 3 fully saturated rings. The fourth-order valence-corrected chi connectivity index (χ4v) is 9.68. The van der Waals surface area contributed by atoms with Crippen molar-refractivity contribution in [2.75, 3.05) is 10.3 Å². The fourth-order valence-electron chi connectivity index (χ4n) is 9.56. The van der Waals surface area contributed by atoms with Crippen molar-refractivity contribution in [1.82, 2.24) is 5.01 Å². The number of phenolic OH excluding ortho intramolecular Hbond substituents is 1. The molecule has 9 rings (SSSR count). The predicted octanol–water partition coefficient (Wildman–Crippen LogP) is 7.44. The summed E-state index contributed by atoms with van der Waals surface area (Å²) in [5.41, 5.74) is 3.22. The van der Waals surface area contributed by atoms with Crippen molar-refractivity contribution in [1.29, 1.82) is 0 Å². The van der Waals surface area contributed by atoms with Gasteiger partial charge in [-0.2, -0.15) is 5.01 Å². The number of carbonyl (C=O) groups is 4. The van der Waals surface area contributed by atoms with Crippen LogP contribution >= 0.6 is 11.6 Å². The lowest BCUT2D eigenvalue weighted by atomic mass is 9.49. The quantitative estimate of drug-likeness (QED) is 0.0786. The van der Waals surface area contributed by atoms with Gasteiger partial charge >= 0.3 is 0 Å². The van der Waals surface area contributed by atoms with Crippen LogP contribution in [0, 0.1) is 39.6 Å². The van der Waals surface area contributed by atoms with E-state index in [2.05, 4.69) is 5.43 Å². The lowest BCUT2D eigenvalue weighted by Gasteiger charge is -2.51. The zero-order chi connectivity index (χ0) is 38.3. The summed E-state index contributed by atoms with van der Waals surface area (Å²) in [6.45, 7) is 0. The molecule has 11 nitrogen and oxygen atoms in total. The van der Waals surface area contributed by atoms with Crippen LogP contribution in [0.5, 0.6) is 5.75 Å². The van der Waals surface area contributed by atoms with E-state index < -0.39 is 69.4 Å². The van der Waals surface area contributed by atoms with Crippen LogP contribution in [-0.2, 0) is 24.6 Å². The van der Waals surface area contributed by atoms with Gasteiger partial charge in [0.05, 0.1) is 39.5 Å². The van der Waals surface area contributed by atoms with Crippen LogP contribution in [0.15, 0.2) is 121 Å². The Hall–Kier alpha value is -6.40. The van der Waals surface area contributed by atoms with Crippen molar-refractivity contribution in [3.8, 4) is 5.75 Å². The SMILES string of the molecule is O=C1[C@@H]2C[C@@H]3C(=CC[C@@H]4C(=O)N(c5cccc([N+](=O)[O-])c5)C(=O)[C@@H]43)[C@H](c3ccc(O)c4ccccc34)[C@]2(c2ccc(Cl)cc2)C(=O)N1Nc1ccc(F)cc1. The number of hydrogen-bond donors (Lipinski definition) is 2. The van der Waals surface area contributed by atoms with Gasteiger partial charge in [0, 0.05) is 28.5 Å². The number of non-ortho nitro benzene ring substituents is 1. The Labute approximate surface area is 317 Å². The molecule has 0 unspecified atom stereocenters. The van der Waals surface area contributed by atoms with E-state index in [1.165, 1.54) is 48.5 Å². The van der Waals surface area contributed by atoms with Crippen molar-refractivity contribution in [3.05, 3.63) is 153 Å². The molecule has 2 aliphatic carbocycles. The molecule has 0 radical (unpaired) electrons. The summed E-state index contributed by atoms with van der Waals surface area (Å²) >= 11 is 6.39. The van der Waals surface area contributed by atoms with Gasteiger partial charge in [-0.05, 0) is 83.8 Å². The van der Waals surface area contributed by atoms with E-state index in [4.69, 9.17) is 11.6 Å². The van der Waals surface area contributed by atoms with Gasteiger partial charge in [0.15, 0.2) is 0 Å². The van der Waals surface area contributed by atoms with Crippen LogP contribution < -0.4 is 10.3 Å². The molecule has 4 amide bonds. The number of allylic oxidation sites excluding steroid dienone is 2. The molecule has 0 bridgehead atoms. The smallest absolute Gasteiger partial charge is 0.271 e. The number of nitrogens with one attached hydrogen (secondary N) is 1. The van der Waals surface area contributed by atoms with Crippen molar-refractivity contribution in [2.45, 2.75) is 24.2 Å². The third kappa shape index (κ3) is 5.01. The first-order chi connectivity index (χ1) is 26.5. The zero-order valence-electron chi connectivity index (χ0n) is 28.8. The number of nitro benzene ring substituents is 1. The van der Waals surface area contributed by atoms with Crippen LogP contribution in [0.2, 0.25) is 5.02 Å². The summed E-state index contributed by atoms with van der Waals surface area (Å²) in [5, 5.41) is 25.2. The zero-order valence-corrected chi connectivity index (χ0v) is 29.5. The Morgan fingerprint density at radius 1 is 0.836 bits per heavy atom. The molecule has 2 heterocycles. The first-order valence-corrected chi connectivity index (χ1v) is 18.1.